The van der Waals surface area contributed by atoms with Crippen LogP contribution in [0.1, 0.15) is 34.6 Å². The Labute approximate surface area is 189 Å². The van der Waals surface area contributed by atoms with Crippen LogP contribution in [0.5, 0.6) is 0 Å². The van der Waals surface area contributed by atoms with Crippen molar-refractivity contribution in [2.45, 2.75) is 65.3 Å². The fourth-order valence-corrected chi connectivity index (χ4v) is 4.67. The van der Waals surface area contributed by atoms with Gasteiger partial charge in [-0.25, -0.2) is 9.03 Å². The molecule has 0 aromatic carbocycles. The summed E-state index contributed by atoms with van der Waals surface area (Å²) in [6.07, 6.45) is -6.74. The van der Waals surface area contributed by atoms with E-state index in [1.807, 2.05) is 0 Å². The first kappa shape index (κ1) is 26.1. The Morgan fingerprint density at radius 3 is 1.94 bits per heavy atom. The van der Waals surface area contributed by atoms with Gasteiger partial charge in [-0.05, 0) is 6.92 Å². The monoisotopic (exact) mass is 492 g/mol. The van der Waals surface area contributed by atoms with Gasteiger partial charge in [0.25, 0.3) is 5.91 Å². The van der Waals surface area contributed by atoms with Crippen LogP contribution in [-0.2, 0) is 57.9 Å². The highest BCUT2D eigenvalue weighted by atomic mass is 32.2. The summed E-state index contributed by atoms with van der Waals surface area (Å²) in [7, 11) is -4.54. The van der Waals surface area contributed by atoms with Gasteiger partial charge in [-0.3, -0.25) is 24.0 Å². The molecule has 0 radical (unpaired) electrons. The first-order valence-electron chi connectivity index (χ1n) is 9.58. The molecule has 0 spiro atoms. The SMILES string of the molecule is CC(=O)OC[C@H]1O[C@@H](N2C(C)=CC(=O)NS2(=O)=O)[C@H](OC(C)=O)[C@@H](OC(C)=O)[C@@H]1OC(C)=O. The zero-order valence-electron chi connectivity index (χ0n) is 18.4. The number of nitrogens with one attached hydrogen (secondary N) is 1. The van der Waals surface area contributed by atoms with Crippen molar-refractivity contribution in [3.05, 3.63) is 11.8 Å². The number of carbonyl (C=O) groups is 5. The molecule has 15 heteroatoms. The first-order chi connectivity index (χ1) is 15.2. The van der Waals surface area contributed by atoms with Crippen molar-refractivity contribution < 1.29 is 56.1 Å². The maximum atomic E-state index is 12.7. The van der Waals surface area contributed by atoms with Gasteiger partial charge in [0.1, 0.15) is 12.7 Å². The zero-order chi connectivity index (χ0) is 25.1. The summed E-state index contributed by atoms with van der Waals surface area (Å²) in [5.41, 5.74) is -0.111. The second-order valence-corrected chi connectivity index (χ2v) is 8.69. The van der Waals surface area contributed by atoms with E-state index in [0.717, 1.165) is 33.8 Å². The average Bonchev–Trinajstić information content (AvgIpc) is 2.62. The van der Waals surface area contributed by atoms with Crippen LogP contribution in [0.2, 0.25) is 0 Å². The smallest absolute Gasteiger partial charge is 0.328 e. The Hall–Kier alpha value is -3.20. The second kappa shape index (κ2) is 10.2. The van der Waals surface area contributed by atoms with Crippen LogP contribution in [-0.4, -0.2) is 79.8 Å². The summed E-state index contributed by atoms with van der Waals surface area (Å²) >= 11 is 0. The van der Waals surface area contributed by atoms with Gasteiger partial charge >= 0.3 is 34.1 Å². The number of hydrogen-bond acceptors (Lipinski definition) is 12. The minimum atomic E-state index is -4.54. The molecule has 33 heavy (non-hydrogen) atoms. The molecule has 0 unspecified atom stereocenters. The van der Waals surface area contributed by atoms with Crippen molar-refractivity contribution in [3.63, 3.8) is 0 Å². The van der Waals surface area contributed by atoms with E-state index in [2.05, 4.69) is 0 Å². The molecule has 0 bridgehead atoms. The molecule has 2 rings (SSSR count). The maximum absolute atomic E-state index is 12.7. The highest BCUT2D eigenvalue weighted by molar-refractivity contribution is 7.88. The molecule has 2 aliphatic heterocycles. The number of nitrogens with zero attached hydrogens (tertiary/aromatic N) is 1. The number of rotatable bonds is 6. The Kier molecular flexibility index (Phi) is 8.02. The molecule has 2 heterocycles. The van der Waals surface area contributed by atoms with Crippen molar-refractivity contribution in [1.82, 2.24) is 9.03 Å². The number of esters is 4. The molecular weight excluding hydrogens is 468 g/mol. The minimum Gasteiger partial charge on any atom is -0.463 e. The van der Waals surface area contributed by atoms with Gasteiger partial charge in [0.05, 0.1) is 0 Å². The predicted molar refractivity (Wildman–Crippen MR) is 105 cm³/mol. The summed E-state index contributed by atoms with van der Waals surface area (Å²) in [5.74, 6) is -4.25. The molecule has 14 nitrogen and oxygen atoms in total. The molecule has 0 aliphatic carbocycles. The van der Waals surface area contributed by atoms with Gasteiger partial charge in [0.15, 0.2) is 24.5 Å². The third-order valence-corrected chi connectivity index (χ3v) is 5.85. The van der Waals surface area contributed by atoms with E-state index >= 15 is 0 Å². The topological polar surface area (TPSA) is 181 Å². The second-order valence-electron chi connectivity index (χ2n) is 7.14. The Morgan fingerprint density at radius 1 is 0.939 bits per heavy atom. The van der Waals surface area contributed by atoms with Crippen LogP contribution >= 0.6 is 0 Å². The third kappa shape index (κ3) is 6.41. The fourth-order valence-electron chi connectivity index (χ4n) is 3.38. The van der Waals surface area contributed by atoms with E-state index in [-0.39, 0.29) is 5.70 Å². The molecule has 0 saturated carbocycles. The summed E-state index contributed by atoms with van der Waals surface area (Å²) in [4.78, 5) is 58.5. The highest BCUT2D eigenvalue weighted by Gasteiger charge is 2.56. The Bertz CT molecular complexity index is 975. The predicted octanol–water partition coefficient (Wildman–Crippen LogP) is -1.35. The van der Waals surface area contributed by atoms with Crippen LogP contribution < -0.4 is 4.72 Å². The van der Waals surface area contributed by atoms with Crippen molar-refractivity contribution in [2.75, 3.05) is 6.61 Å². The summed E-state index contributed by atoms with van der Waals surface area (Å²) in [6, 6.07) is 0. The Morgan fingerprint density at radius 2 is 1.45 bits per heavy atom. The van der Waals surface area contributed by atoms with Gasteiger partial charge < -0.3 is 23.7 Å². The van der Waals surface area contributed by atoms with Crippen molar-refractivity contribution >= 4 is 40.0 Å². The van der Waals surface area contributed by atoms with E-state index < -0.39 is 77.2 Å². The van der Waals surface area contributed by atoms with Crippen LogP contribution in [0, 0.1) is 0 Å². The summed E-state index contributed by atoms with van der Waals surface area (Å²) < 4.78 is 54.3. The quantitative estimate of drug-likeness (QED) is 0.340. The van der Waals surface area contributed by atoms with Crippen molar-refractivity contribution in [2.24, 2.45) is 0 Å². The standard InChI is InChI=1S/C18H24N2O12S/c1-8-6-14(25)19-33(26,27)20(8)18-17(31-12(5)24)16(30-11(4)23)15(29-10(3)22)13(32-18)7-28-9(2)21/h6,13,15-18H,7H2,1-5H3,(H,19,25)/t13-,15-,16+,17-,18-/m1/s1. The maximum Gasteiger partial charge on any atom is 0.328 e. The molecule has 1 fully saturated rings. The Balaban J connectivity index is 2.64. The molecule has 0 aromatic rings. The third-order valence-electron chi connectivity index (χ3n) is 4.37. The lowest BCUT2D eigenvalue weighted by molar-refractivity contribution is -0.267. The largest absolute Gasteiger partial charge is 0.463 e. The lowest BCUT2D eigenvalue weighted by atomic mass is 9.97. The molecule has 5 atom stereocenters. The molecule has 1 saturated heterocycles. The van der Waals surface area contributed by atoms with Gasteiger partial charge in [0, 0.05) is 39.5 Å². The van der Waals surface area contributed by atoms with Gasteiger partial charge in [-0.1, -0.05) is 0 Å². The highest BCUT2D eigenvalue weighted by Crippen LogP contribution is 2.34. The molecular formula is C18H24N2O12S. The lowest BCUT2D eigenvalue weighted by Gasteiger charge is -2.48. The lowest BCUT2D eigenvalue weighted by Crippen LogP contribution is -2.67. The number of allylic oxidation sites excluding steroid dienone is 1. The van der Waals surface area contributed by atoms with Gasteiger partial charge in [-0.2, -0.15) is 8.42 Å². The molecule has 184 valence electrons. The van der Waals surface area contributed by atoms with E-state index in [1.54, 1.807) is 4.72 Å². The zero-order valence-corrected chi connectivity index (χ0v) is 19.2. The number of ether oxygens (including phenoxy) is 5. The number of amides is 1. The summed E-state index contributed by atoms with van der Waals surface area (Å²) in [5, 5.41) is 0. The van der Waals surface area contributed by atoms with Crippen LogP contribution in [0.15, 0.2) is 11.8 Å². The molecule has 0 aromatic heterocycles. The first-order valence-corrected chi connectivity index (χ1v) is 11.0. The van der Waals surface area contributed by atoms with Gasteiger partial charge in [0.2, 0.25) is 0 Å². The van der Waals surface area contributed by atoms with E-state index in [9.17, 15) is 32.4 Å². The van der Waals surface area contributed by atoms with Gasteiger partial charge in [-0.15, -0.1) is 0 Å². The van der Waals surface area contributed by atoms with E-state index in [1.165, 1.54) is 6.92 Å². The average molecular weight is 492 g/mol. The van der Waals surface area contributed by atoms with E-state index in [4.69, 9.17) is 23.7 Å². The number of hydrogen-bond donors (Lipinski definition) is 1. The summed E-state index contributed by atoms with van der Waals surface area (Å²) in [6.45, 7) is 4.96. The molecule has 1 amide bonds. The van der Waals surface area contributed by atoms with Crippen LogP contribution in [0.25, 0.3) is 0 Å². The van der Waals surface area contributed by atoms with Crippen LogP contribution in [0.4, 0.5) is 0 Å². The van der Waals surface area contributed by atoms with Crippen molar-refractivity contribution in [3.8, 4) is 0 Å². The van der Waals surface area contributed by atoms with E-state index in [0.29, 0.717) is 4.31 Å². The number of carbonyl (C=O) groups excluding carboxylic acids is 5. The molecule has 2 aliphatic rings. The van der Waals surface area contributed by atoms with Crippen LogP contribution in [0.3, 0.4) is 0 Å². The van der Waals surface area contributed by atoms with Crippen molar-refractivity contribution in [1.29, 1.82) is 0 Å². The molecule has 1 N–H and O–H groups in total. The normalized spacial score (nSPS) is 28.6. The minimum absolute atomic E-state index is 0.111. The fraction of sp³-hybridized carbons (Fsp3) is 0.611.